The number of hydrogen-bond donors (Lipinski definition) is 1. The van der Waals surface area contributed by atoms with Gasteiger partial charge in [0.1, 0.15) is 0 Å². The second-order valence-electron chi connectivity index (χ2n) is 5.64. The smallest absolute Gasteiger partial charge is 0.234 e. The number of rotatable bonds is 4. The van der Waals surface area contributed by atoms with Gasteiger partial charge in [0, 0.05) is 25.2 Å². The van der Waals surface area contributed by atoms with Crippen molar-refractivity contribution in [2.24, 2.45) is 0 Å². The molecule has 0 aromatic rings. The molecule has 18 heavy (non-hydrogen) atoms. The summed E-state index contributed by atoms with van der Waals surface area (Å²) in [5.74, 6) is 0.124. The first-order valence-electron chi connectivity index (χ1n) is 7.00. The van der Waals surface area contributed by atoms with E-state index in [2.05, 4.69) is 10.2 Å². The van der Waals surface area contributed by atoms with Crippen LogP contribution in [0.1, 0.15) is 25.7 Å². The number of nitrogens with one attached hydrogen (secondary N) is 1. The first-order valence-corrected chi connectivity index (χ1v) is 7.00. The van der Waals surface area contributed by atoms with Crippen LogP contribution in [0.15, 0.2) is 0 Å². The summed E-state index contributed by atoms with van der Waals surface area (Å²) in [5.41, 5.74) is 0.194. The Morgan fingerprint density at radius 3 is 3.00 bits per heavy atom. The molecule has 5 nitrogen and oxygen atoms in total. The fourth-order valence-corrected chi connectivity index (χ4v) is 2.88. The third kappa shape index (κ3) is 2.68. The Labute approximate surface area is 108 Å². The van der Waals surface area contributed by atoms with Gasteiger partial charge < -0.3 is 14.8 Å². The molecule has 1 saturated carbocycles. The summed E-state index contributed by atoms with van der Waals surface area (Å²) in [6, 6.07) is 0. The summed E-state index contributed by atoms with van der Waals surface area (Å²) in [5, 5.41) is 2.99. The minimum atomic E-state index is 0.124. The standard InChI is InChI=1S/C13H22N2O3/c16-12(14-8-11-2-1-6-18-11)9-15-5-7-17-10-13(15)3-4-13/h11H,1-10H2,(H,14,16). The van der Waals surface area contributed by atoms with E-state index in [4.69, 9.17) is 9.47 Å². The zero-order chi connectivity index (χ0) is 12.4. The van der Waals surface area contributed by atoms with E-state index in [0.29, 0.717) is 13.1 Å². The molecule has 1 aliphatic carbocycles. The van der Waals surface area contributed by atoms with E-state index in [1.54, 1.807) is 0 Å². The SMILES string of the molecule is O=C(CN1CCOCC12CC2)NCC1CCCO1. The van der Waals surface area contributed by atoms with E-state index in [0.717, 1.165) is 39.2 Å². The molecule has 5 heteroatoms. The molecule has 1 unspecified atom stereocenters. The number of hydrogen-bond acceptors (Lipinski definition) is 4. The maximum absolute atomic E-state index is 11.9. The molecule has 1 amide bonds. The minimum absolute atomic E-state index is 0.124. The van der Waals surface area contributed by atoms with Crippen LogP contribution in [0.2, 0.25) is 0 Å². The average molecular weight is 254 g/mol. The van der Waals surface area contributed by atoms with E-state index in [9.17, 15) is 4.79 Å². The van der Waals surface area contributed by atoms with Crippen LogP contribution in [-0.2, 0) is 14.3 Å². The highest BCUT2D eigenvalue weighted by Gasteiger charge is 2.50. The van der Waals surface area contributed by atoms with Gasteiger partial charge >= 0.3 is 0 Å². The van der Waals surface area contributed by atoms with Crippen molar-refractivity contribution in [3.05, 3.63) is 0 Å². The van der Waals surface area contributed by atoms with Crippen LogP contribution >= 0.6 is 0 Å². The fraction of sp³-hybridized carbons (Fsp3) is 0.923. The van der Waals surface area contributed by atoms with E-state index in [1.165, 1.54) is 12.8 Å². The predicted octanol–water partition coefficient (Wildman–Crippen LogP) is 0.146. The lowest BCUT2D eigenvalue weighted by Crippen LogP contribution is -2.51. The molecular weight excluding hydrogens is 232 g/mol. The molecule has 2 saturated heterocycles. The maximum atomic E-state index is 11.9. The molecule has 0 radical (unpaired) electrons. The van der Waals surface area contributed by atoms with E-state index in [1.807, 2.05) is 0 Å². The van der Waals surface area contributed by atoms with Gasteiger partial charge in [-0.25, -0.2) is 0 Å². The van der Waals surface area contributed by atoms with Gasteiger partial charge in [0.05, 0.1) is 25.9 Å². The molecule has 0 aromatic carbocycles. The van der Waals surface area contributed by atoms with E-state index in [-0.39, 0.29) is 17.6 Å². The molecule has 0 bridgehead atoms. The summed E-state index contributed by atoms with van der Waals surface area (Å²) in [7, 11) is 0. The molecule has 2 heterocycles. The molecule has 1 spiro atoms. The van der Waals surface area contributed by atoms with Crippen molar-refractivity contribution in [2.75, 3.05) is 39.5 Å². The van der Waals surface area contributed by atoms with Crippen LogP contribution in [0.3, 0.4) is 0 Å². The number of amides is 1. The zero-order valence-corrected chi connectivity index (χ0v) is 10.8. The highest BCUT2D eigenvalue weighted by molar-refractivity contribution is 5.78. The average Bonchev–Trinajstić information content (AvgIpc) is 2.94. The second-order valence-corrected chi connectivity index (χ2v) is 5.64. The van der Waals surface area contributed by atoms with Gasteiger partial charge in [-0.1, -0.05) is 0 Å². The molecule has 102 valence electrons. The second kappa shape index (κ2) is 5.15. The number of carbonyl (C=O) groups is 1. The van der Waals surface area contributed by atoms with Gasteiger partial charge in [0.2, 0.25) is 5.91 Å². The molecular formula is C13H22N2O3. The Hall–Kier alpha value is -0.650. The first kappa shape index (κ1) is 12.4. The Kier molecular flexibility index (Phi) is 3.54. The Balaban J connectivity index is 1.42. The summed E-state index contributed by atoms with van der Waals surface area (Å²) in [6.45, 7) is 4.44. The van der Waals surface area contributed by atoms with Gasteiger partial charge in [0.25, 0.3) is 0 Å². The summed E-state index contributed by atoms with van der Waals surface area (Å²) in [6.07, 6.45) is 4.76. The number of ether oxygens (including phenoxy) is 2. The van der Waals surface area contributed by atoms with Crippen molar-refractivity contribution in [1.82, 2.24) is 10.2 Å². The summed E-state index contributed by atoms with van der Waals surface area (Å²) < 4.78 is 11.0. The monoisotopic (exact) mass is 254 g/mol. The third-order valence-corrected chi connectivity index (χ3v) is 4.26. The molecule has 0 aromatic heterocycles. The number of morpholine rings is 1. The van der Waals surface area contributed by atoms with Crippen molar-refractivity contribution in [3.63, 3.8) is 0 Å². The van der Waals surface area contributed by atoms with Crippen molar-refractivity contribution < 1.29 is 14.3 Å². The van der Waals surface area contributed by atoms with Crippen LogP contribution in [-0.4, -0.2) is 61.9 Å². The van der Waals surface area contributed by atoms with Gasteiger partial charge in [0.15, 0.2) is 0 Å². The molecule has 3 aliphatic rings. The fourth-order valence-electron chi connectivity index (χ4n) is 2.88. The largest absolute Gasteiger partial charge is 0.378 e. The highest BCUT2D eigenvalue weighted by Crippen LogP contribution is 2.43. The van der Waals surface area contributed by atoms with E-state index >= 15 is 0 Å². The van der Waals surface area contributed by atoms with Crippen LogP contribution < -0.4 is 5.32 Å². The lowest BCUT2D eigenvalue weighted by molar-refractivity contribution is -0.125. The Bertz CT molecular complexity index is 311. The predicted molar refractivity (Wildman–Crippen MR) is 66.3 cm³/mol. The van der Waals surface area contributed by atoms with Crippen LogP contribution in [0.5, 0.6) is 0 Å². The summed E-state index contributed by atoms with van der Waals surface area (Å²) in [4.78, 5) is 14.2. The molecule has 2 aliphatic heterocycles. The zero-order valence-electron chi connectivity index (χ0n) is 10.8. The molecule has 1 atom stereocenters. The van der Waals surface area contributed by atoms with E-state index < -0.39 is 0 Å². The van der Waals surface area contributed by atoms with Crippen molar-refractivity contribution in [3.8, 4) is 0 Å². The van der Waals surface area contributed by atoms with Crippen LogP contribution in [0.4, 0.5) is 0 Å². The molecule has 3 rings (SSSR count). The quantitative estimate of drug-likeness (QED) is 0.776. The highest BCUT2D eigenvalue weighted by atomic mass is 16.5. The van der Waals surface area contributed by atoms with Gasteiger partial charge in [-0.05, 0) is 25.7 Å². The summed E-state index contributed by atoms with van der Waals surface area (Å²) >= 11 is 0. The number of carbonyl (C=O) groups excluding carboxylic acids is 1. The van der Waals surface area contributed by atoms with Gasteiger partial charge in [-0.2, -0.15) is 0 Å². The Morgan fingerprint density at radius 2 is 2.28 bits per heavy atom. The van der Waals surface area contributed by atoms with Crippen molar-refractivity contribution in [2.45, 2.75) is 37.3 Å². The van der Waals surface area contributed by atoms with Crippen molar-refractivity contribution in [1.29, 1.82) is 0 Å². The Morgan fingerprint density at radius 1 is 1.39 bits per heavy atom. The van der Waals surface area contributed by atoms with Crippen molar-refractivity contribution >= 4 is 5.91 Å². The van der Waals surface area contributed by atoms with Gasteiger partial charge in [-0.15, -0.1) is 0 Å². The lowest BCUT2D eigenvalue weighted by Gasteiger charge is -2.35. The normalized spacial score (nSPS) is 30.6. The van der Waals surface area contributed by atoms with Crippen LogP contribution in [0.25, 0.3) is 0 Å². The topological polar surface area (TPSA) is 50.8 Å². The first-order chi connectivity index (χ1) is 8.78. The maximum Gasteiger partial charge on any atom is 0.234 e. The number of nitrogens with zero attached hydrogens (tertiary/aromatic N) is 1. The van der Waals surface area contributed by atoms with Crippen LogP contribution in [0, 0.1) is 0 Å². The molecule has 1 N–H and O–H groups in total. The van der Waals surface area contributed by atoms with Gasteiger partial charge in [-0.3, -0.25) is 9.69 Å². The third-order valence-electron chi connectivity index (χ3n) is 4.26. The molecule has 3 fully saturated rings. The minimum Gasteiger partial charge on any atom is -0.378 e. The lowest BCUT2D eigenvalue weighted by atomic mass is 10.2.